The van der Waals surface area contributed by atoms with Crippen LogP contribution in [-0.4, -0.2) is 15.6 Å². The molecule has 19 heavy (non-hydrogen) atoms. The van der Waals surface area contributed by atoms with Crippen LogP contribution in [0.15, 0.2) is 36.8 Å². The highest BCUT2D eigenvalue weighted by molar-refractivity contribution is 6.33. The molecular formula is C15H18ClN3. The monoisotopic (exact) mass is 275 g/mol. The van der Waals surface area contributed by atoms with Crippen LogP contribution in [0.2, 0.25) is 5.02 Å². The third-order valence-corrected chi connectivity index (χ3v) is 4.28. The van der Waals surface area contributed by atoms with E-state index in [9.17, 15) is 0 Å². The molecule has 4 heteroatoms. The van der Waals surface area contributed by atoms with Gasteiger partial charge in [0.15, 0.2) is 0 Å². The zero-order chi connectivity index (χ0) is 13.2. The predicted octanol–water partition coefficient (Wildman–Crippen LogP) is 3.65. The molecular weight excluding hydrogens is 258 g/mol. The average Bonchev–Trinajstić information content (AvgIpc) is 2.89. The van der Waals surface area contributed by atoms with E-state index < -0.39 is 0 Å². The van der Waals surface area contributed by atoms with Crippen molar-refractivity contribution < 1.29 is 0 Å². The largest absolute Gasteiger partial charge is 0.326 e. The highest BCUT2D eigenvalue weighted by Gasteiger charge is 2.25. The Labute approximate surface area is 118 Å². The van der Waals surface area contributed by atoms with E-state index in [1.807, 2.05) is 36.8 Å². The Morgan fingerprint density at radius 2 is 2.00 bits per heavy atom. The van der Waals surface area contributed by atoms with E-state index in [1.54, 1.807) is 0 Å². The van der Waals surface area contributed by atoms with Gasteiger partial charge in [-0.05, 0) is 18.9 Å². The van der Waals surface area contributed by atoms with Gasteiger partial charge in [0.05, 0.1) is 24.3 Å². The summed E-state index contributed by atoms with van der Waals surface area (Å²) >= 11 is 6.29. The van der Waals surface area contributed by atoms with Crippen molar-refractivity contribution >= 4 is 11.6 Å². The first-order chi connectivity index (χ1) is 9.27. The van der Waals surface area contributed by atoms with E-state index in [2.05, 4.69) is 9.55 Å². The van der Waals surface area contributed by atoms with Gasteiger partial charge in [0, 0.05) is 16.6 Å². The number of hydrogen-bond donors (Lipinski definition) is 1. The van der Waals surface area contributed by atoms with Crippen LogP contribution in [0.25, 0.3) is 11.3 Å². The second kappa shape index (κ2) is 5.35. The fourth-order valence-corrected chi connectivity index (χ4v) is 3.16. The van der Waals surface area contributed by atoms with Crippen LogP contribution in [0.3, 0.4) is 0 Å². The quantitative estimate of drug-likeness (QED) is 0.909. The summed E-state index contributed by atoms with van der Waals surface area (Å²) in [6.07, 6.45) is 8.43. The zero-order valence-corrected chi connectivity index (χ0v) is 11.6. The van der Waals surface area contributed by atoms with Gasteiger partial charge in [-0.3, -0.25) is 0 Å². The molecule has 2 unspecified atom stereocenters. The number of hydrogen-bond acceptors (Lipinski definition) is 2. The minimum Gasteiger partial charge on any atom is -0.326 e. The molecule has 0 saturated heterocycles. The van der Waals surface area contributed by atoms with Gasteiger partial charge >= 0.3 is 0 Å². The van der Waals surface area contributed by atoms with Crippen molar-refractivity contribution in [3.8, 4) is 11.3 Å². The standard InChI is InChI=1S/C15H18ClN3/c16-12-6-2-1-5-11(12)15-9-18-10-19(15)14-8-4-3-7-13(14)17/h1-2,5-6,9-10,13-14H,3-4,7-8,17H2. The van der Waals surface area contributed by atoms with Crippen molar-refractivity contribution in [1.29, 1.82) is 0 Å². The predicted molar refractivity (Wildman–Crippen MR) is 78.2 cm³/mol. The van der Waals surface area contributed by atoms with Gasteiger partial charge in [-0.2, -0.15) is 0 Å². The summed E-state index contributed by atoms with van der Waals surface area (Å²) in [5.74, 6) is 0. The number of halogens is 1. The summed E-state index contributed by atoms with van der Waals surface area (Å²) in [5.41, 5.74) is 8.36. The molecule has 2 aromatic rings. The van der Waals surface area contributed by atoms with Crippen LogP contribution in [0.5, 0.6) is 0 Å². The molecule has 1 aromatic heterocycles. The van der Waals surface area contributed by atoms with E-state index in [0.29, 0.717) is 6.04 Å². The number of nitrogens with zero attached hydrogens (tertiary/aromatic N) is 2. The fraction of sp³-hybridized carbons (Fsp3) is 0.400. The van der Waals surface area contributed by atoms with Crippen molar-refractivity contribution in [2.45, 2.75) is 37.8 Å². The van der Waals surface area contributed by atoms with E-state index in [0.717, 1.165) is 29.1 Å². The molecule has 1 fully saturated rings. The smallest absolute Gasteiger partial charge is 0.0954 e. The Kier molecular flexibility index (Phi) is 3.58. The highest BCUT2D eigenvalue weighted by atomic mass is 35.5. The Balaban J connectivity index is 2.01. The van der Waals surface area contributed by atoms with Gasteiger partial charge in [0.1, 0.15) is 0 Å². The van der Waals surface area contributed by atoms with Gasteiger partial charge in [0.25, 0.3) is 0 Å². The maximum absolute atomic E-state index is 6.29. The molecule has 100 valence electrons. The van der Waals surface area contributed by atoms with Crippen LogP contribution >= 0.6 is 11.6 Å². The lowest BCUT2D eigenvalue weighted by atomic mass is 9.90. The van der Waals surface area contributed by atoms with Crippen molar-refractivity contribution in [3.63, 3.8) is 0 Å². The first-order valence-corrected chi connectivity index (χ1v) is 7.17. The van der Waals surface area contributed by atoms with E-state index in [4.69, 9.17) is 17.3 Å². The summed E-state index contributed by atoms with van der Waals surface area (Å²) < 4.78 is 2.20. The van der Waals surface area contributed by atoms with Gasteiger partial charge < -0.3 is 10.3 Å². The Morgan fingerprint density at radius 1 is 1.21 bits per heavy atom. The molecule has 2 atom stereocenters. The molecule has 2 N–H and O–H groups in total. The van der Waals surface area contributed by atoms with Crippen molar-refractivity contribution in [2.75, 3.05) is 0 Å². The molecule has 0 amide bonds. The van der Waals surface area contributed by atoms with Crippen LogP contribution in [0.4, 0.5) is 0 Å². The van der Waals surface area contributed by atoms with Gasteiger partial charge in [-0.25, -0.2) is 4.98 Å². The second-order valence-electron chi connectivity index (χ2n) is 5.18. The summed E-state index contributed by atoms with van der Waals surface area (Å²) in [6, 6.07) is 8.43. The van der Waals surface area contributed by atoms with Crippen molar-refractivity contribution in [1.82, 2.24) is 9.55 Å². The van der Waals surface area contributed by atoms with Crippen molar-refractivity contribution in [3.05, 3.63) is 41.8 Å². The van der Waals surface area contributed by atoms with Crippen LogP contribution in [0, 0.1) is 0 Å². The lowest BCUT2D eigenvalue weighted by Gasteiger charge is -2.31. The second-order valence-corrected chi connectivity index (χ2v) is 5.59. The summed E-state index contributed by atoms with van der Waals surface area (Å²) in [6.45, 7) is 0. The zero-order valence-electron chi connectivity index (χ0n) is 10.8. The third-order valence-electron chi connectivity index (χ3n) is 3.95. The minimum atomic E-state index is 0.212. The van der Waals surface area contributed by atoms with E-state index in [-0.39, 0.29) is 6.04 Å². The lowest BCUT2D eigenvalue weighted by Crippen LogP contribution is -2.35. The SMILES string of the molecule is NC1CCCCC1n1cncc1-c1ccccc1Cl. The lowest BCUT2D eigenvalue weighted by molar-refractivity contribution is 0.308. The molecule has 3 nitrogen and oxygen atoms in total. The number of nitrogens with two attached hydrogens (primary N) is 1. The van der Waals surface area contributed by atoms with Crippen LogP contribution in [0.1, 0.15) is 31.7 Å². The average molecular weight is 276 g/mol. The minimum absolute atomic E-state index is 0.212. The first kappa shape index (κ1) is 12.7. The van der Waals surface area contributed by atoms with E-state index in [1.165, 1.54) is 12.8 Å². The summed E-state index contributed by atoms with van der Waals surface area (Å²) in [4.78, 5) is 4.30. The van der Waals surface area contributed by atoms with Crippen molar-refractivity contribution in [2.24, 2.45) is 5.73 Å². The molecule has 1 saturated carbocycles. The molecule has 0 bridgehead atoms. The van der Waals surface area contributed by atoms with Crippen LogP contribution < -0.4 is 5.73 Å². The summed E-state index contributed by atoms with van der Waals surface area (Å²) in [7, 11) is 0. The van der Waals surface area contributed by atoms with Crippen LogP contribution in [-0.2, 0) is 0 Å². The molecule has 1 aliphatic carbocycles. The van der Waals surface area contributed by atoms with E-state index >= 15 is 0 Å². The number of aromatic nitrogens is 2. The number of benzene rings is 1. The molecule has 0 aliphatic heterocycles. The normalized spacial score (nSPS) is 23.5. The Bertz CT molecular complexity index is 564. The summed E-state index contributed by atoms with van der Waals surface area (Å²) in [5, 5.41) is 0.758. The molecule has 3 rings (SSSR count). The highest BCUT2D eigenvalue weighted by Crippen LogP contribution is 2.34. The Hall–Kier alpha value is -1.32. The molecule has 1 aromatic carbocycles. The maximum Gasteiger partial charge on any atom is 0.0954 e. The Morgan fingerprint density at radius 3 is 2.79 bits per heavy atom. The van der Waals surface area contributed by atoms with Gasteiger partial charge in [0.2, 0.25) is 0 Å². The molecule has 1 aliphatic rings. The molecule has 0 radical (unpaired) electrons. The topological polar surface area (TPSA) is 43.8 Å². The maximum atomic E-state index is 6.29. The molecule has 1 heterocycles. The first-order valence-electron chi connectivity index (χ1n) is 6.79. The van der Waals surface area contributed by atoms with Gasteiger partial charge in [-0.1, -0.05) is 42.6 Å². The molecule has 0 spiro atoms. The van der Waals surface area contributed by atoms with Gasteiger partial charge in [-0.15, -0.1) is 0 Å². The number of rotatable bonds is 2. The third kappa shape index (κ3) is 2.40. The number of imidazole rings is 1. The fourth-order valence-electron chi connectivity index (χ4n) is 2.93.